The number of carbonyl (C=O) groups excluding carboxylic acids is 1. The van der Waals surface area contributed by atoms with Gasteiger partial charge >= 0.3 is 0 Å². The Morgan fingerprint density at radius 2 is 1.91 bits per heavy atom. The zero-order chi connectivity index (χ0) is 16.2. The minimum absolute atomic E-state index is 0.378. The number of ether oxygens (including phenoxy) is 1. The van der Waals surface area contributed by atoms with Crippen LogP contribution in [-0.4, -0.2) is 55.6 Å². The lowest BCUT2D eigenvalue weighted by molar-refractivity contribution is 0.0115. The number of piperidine rings is 1. The third kappa shape index (κ3) is 3.87. The SMILES string of the molecule is CCc1cc(C(=O)Cl)ccc1N1CCC(N2CCOCC2)CC1. The molecule has 5 heteroatoms. The molecule has 23 heavy (non-hydrogen) atoms. The van der Waals surface area contributed by atoms with Gasteiger partial charge in [0.05, 0.1) is 13.2 Å². The lowest BCUT2D eigenvalue weighted by atomic mass is 9.99. The lowest BCUT2D eigenvalue weighted by Gasteiger charge is -2.41. The van der Waals surface area contributed by atoms with E-state index < -0.39 is 0 Å². The second-order valence-corrected chi connectivity index (χ2v) is 6.68. The van der Waals surface area contributed by atoms with E-state index in [1.165, 1.54) is 24.1 Å². The van der Waals surface area contributed by atoms with Gasteiger partial charge in [-0.25, -0.2) is 0 Å². The van der Waals surface area contributed by atoms with Gasteiger partial charge in [-0.15, -0.1) is 0 Å². The van der Waals surface area contributed by atoms with Gasteiger partial charge in [0.25, 0.3) is 5.24 Å². The van der Waals surface area contributed by atoms with Gasteiger partial charge in [0, 0.05) is 43.5 Å². The number of nitrogens with zero attached hydrogens (tertiary/aromatic N) is 2. The number of aryl methyl sites for hydroxylation is 1. The maximum Gasteiger partial charge on any atom is 0.252 e. The number of benzene rings is 1. The normalized spacial score (nSPS) is 20.7. The van der Waals surface area contributed by atoms with E-state index >= 15 is 0 Å². The van der Waals surface area contributed by atoms with Crippen molar-refractivity contribution in [3.8, 4) is 0 Å². The number of morpholine rings is 1. The molecule has 0 atom stereocenters. The van der Waals surface area contributed by atoms with Crippen molar-refractivity contribution in [3.05, 3.63) is 29.3 Å². The van der Waals surface area contributed by atoms with Crippen LogP contribution in [0.15, 0.2) is 18.2 Å². The molecule has 2 heterocycles. The zero-order valence-corrected chi connectivity index (χ0v) is 14.5. The molecule has 0 radical (unpaired) electrons. The van der Waals surface area contributed by atoms with Crippen LogP contribution in [-0.2, 0) is 11.2 Å². The molecule has 0 saturated carbocycles. The van der Waals surface area contributed by atoms with Crippen molar-refractivity contribution in [2.24, 2.45) is 0 Å². The van der Waals surface area contributed by atoms with E-state index in [2.05, 4.69) is 22.8 Å². The molecule has 2 saturated heterocycles. The monoisotopic (exact) mass is 336 g/mol. The quantitative estimate of drug-likeness (QED) is 0.791. The molecule has 0 aliphatic carbocycles. The standard InChI is InChI=1S/C18H25ClN2O2/c1-2-14-13-15(18(19)22)3-4-17(14)21-7-5-16(6-8-21)20-9-11-23-12-10-20/h3-4,13,16H,2,5-12H2,1H3. The van der Waals surface area contributed by atoms with Crippen LogP contribution in [0, 0.1) is 0 Å². The van der Waals surface area contributed by atoms with Crippen molar-refractivity contribution in [1.29, 1.82) is 0 Å². The van der Waals surface area contributed by atoms with E-state index in [0.717, 1.165) is 45.8 Å². The third-order valence-corrected chi connectivity index (χ3v) is 5.27. The minimum atomic E-state index is -0.378. The average Bonchev–Trinajstić information content (AvgIpc) is 2.62. The van der Waals surface area contributed by atoms with Crippen molar-refractivity contribution in [2.75, 3.05) is 44.3 Å². The number of hydrogen-bond acceptors (Lipinski definition) is 4. The van der Waals surface area contributed by atoms with Crippen molar-refractivity contribution in [2.45, 2.75) is 32.2 Å². The maximum atomic E-state index is 11.4. The Hall–Kier alpha value is -1.10. The van der Waals surface area contributed by atoms with Gasteiger partial charge in [0.15, 0.2) is 0 Å². The molecule has 0 N–H and O–H groups in total. The summed E-state index contributed by atoms with van der Waals surface area (Å²) < 4.78 is 5.45. The summed E-state index contributed by atoms with van der Waals surface area (Å²) in [5.74, 6) is 0. The summed E-state index contributed by atoms with van der Waals surface area (Å²) in [5, 5.41) is -0.378. The van der Waals surface area contributed by atoms with Crippen molar-refractivity contribution in [3.63, 3.8) is 0 Å². The zero-order valence-electron chi connectivity index (χ0n) is 13.8. The van der Waals surface area contributed by atoms with Crippen LogP contribution in [0.5, 0.6) is 0 Å². The van der Waals surface area contributed by atoms with Gasteiger partial charge < -0.3 is 9.64 Å². The second-order valence-electron chi connectivity index (χ2n) is 6.34. The summed E-state index contributed by atoms with van der Waals surface area (Å²) in [6.45, 7) is 8.14. The summed E-state index contributed by atoms with van der Waals surface area (Å²) >= 11 is 5.61. The summed E-state index contributed by atoms with van der Waals surface area (Å²) in [4.78, 5) is 16.4. The van der Waals surface area contributed by atoms with Crippen LogP contribution in [0.25, 0.3) is 0 Å². The molecule has 0 spiro atoms. The second kappa shape index (κ2) is 7.65. The smallest absolute Gasteiger partial charge is 0.252 e. The first kappa shape index (κ1) is 16.7. The fraction of sp³-hybridized carbons (Fsp3) is 0.611. The summed E-state index contributed by atoms with van der Waals surface area (Å²) in [6, 6.07) is 6.53. The van der Waals surface area contributed by atoms with E-state index in [4.69, 9.17) is 16.3 Å². The van der Waals surface area contributed by atoms with Crippen LogP contribution in [0.2, 0.25) is 0 Å². The molecular formula is C18H25ClN2O2. The minimum Gasteiger partial charge on any atom is -0.379 e. The predicted molar refractivity (Wildman–Crippen MR) is 93.6 cm³/mol. The van der Waals surface area contributed by atoms with Crippen LogP contribution < -0.4 is 4.90 Å². The van der Waals surface area contributed by atoms with Crippen LogP contribution in [0.3, 0.4) is 0 Å². The molecule has 0 bridgehead atoms. The molecule has 0 aromatic heterocycles. The number of hydrogen-bond donors (Lipinski definition) is 0. The third-order valence-electron chi connectivity index (χ3n) is 5.05. The summed E-state index contributed by atoms with van der Waals surface area (Å²) in [6.07, 6.45) is 3.30. The average molecular weight is 337 g/mol. The highest BCUT2D eigenvalue weighted by Crippen LogP contribution is 2.28. The summed E-state index contributed by atoms with van der Waals surface area (Å²) in [7, 11) is 0. The molecule has 2 aliphatic heterocycles. The molecule has 3 rings (SSSR count). The first-order chi connectivity index (χ1) is 11.2. The van der Waals surface area contributed by atoms with Gasteiger partial charge in [0.1, 0.15) is 0 Å². The van der Waals surface area contributed by atoms with Gasteiger partial charge in [0.2, 0.25) is 0 Å². The Morgan fingerprint density at radius 1 is 1.22 bits per heavy atom. The van der Waals surface area contributed by atoms with Crippen LogP contribution in [0.4, 0.5) is 5.69 Å². The van der Waals surface area contributed by atoms with Crippen molar-refractivity contribution < 1.29 is 9.53 Å². The first-order valence-electron chi connectivity index (χ1n) is 8.58. The van der Waals surface area contributed by atoms with E-state index in [9.17, 15) is 4.79 Å². The molecule has 1 aromatic carbocycles. The number of halogens is 1. The van der Waals surface area contributed by atoms with E-state index in [0.29, 0.717) is 11.6 Å². The largest absolute Gasteiger partial charge is 0.379 e. The Bertz CT molecular complexity index is 550. The summed E-state index contributed by atoms with van der Waals surface area (Å²) in [5.41, 5.74) is 3.06. The molecule has 4 nitrogen and oxygen atoms in total. The number of anilines is 1. The number of rotatable bonds is 4. The molecule has 126 valence electrons. The Labute approximate surface area is 143 Å². The fourth-order valence-electron chi connectivity index (χ4n) is 3.71. The molecular weight excluding hydrogens is 312 g/mol. The number of carbonyl (C=O) groups is 1. The van der Waals surface area contributed by atoms with E-state index in [1.807, 2.05) is 12.1 Å². The van der Waals surface area contributed by atoms with Crippen LogP contribution >= 0.6 is 11.6 Å². The van der Waals surface area contributed by atoms with E-state index in [-0.39, 0.29) is 5.24 Å². The highest BCUT2D eigenvalue weighted by atomic mass is 35.5. The van der Waals surface area contributed by atoms with Gasteiger partial charge in [-0.05, 0) is 54.6 Å². The Balaban J connectivity index is 1.66. The topological polar surface area (TPSA) is 32.8 Å². The van der Waals surface area contributed by atoms with E-state index in [1.54, 1.807) is 0 Å². The Morgan fingerprint density at radius 3 is 2.52 bits per heavy atom. The molecule has 2 aliphatic rings. The predicted octanol–water partition coefficient (Wildman–Crippen LogP) is 2.93. The molecule has 2 fully saturated rings. The lowest BCUT2D eigenvalue weighted by Crippen LogP contribution is -2.49. The van der Waals surface area contributed by atoms with Crippen LogP contribution in [0.1, 0.15) is 35.7 Å². The van der Waals surface area contributed by atoms with Gasteiger partial charge in [-0.3, -0.25) is 9.69 Å². The highest BCUT2D eigenvalue weighted by Gasteiger charge is 2.26. The van der Waals surface area contributed by atoms with Gasteiger partial charge in [-0.1, -0.05) is 6.92 Å². The molecule has 0 amide bonds. The molecule has 1 aromatic rings. The van der Waals surface area contributed by atoms with Crippen molar-refractivity contribution in [1.82, 2.24) is 4.90 Å². The van der Waals surface area contributed by atoms with Crippen molar-refractivity contribution >= 4 is 22.5 Å². The highest BCUT2D eigenvalue weighted by molar-refractivity contribution is 6.67. The fourth-order valence-corrected chi connectivity index (χ4v) is 3.83. The van der Waals surface area contributed by atoms with Gasteiger partial charge in [-0.2, -0.15) is 0 Å². The first-order valence-corrected chi connectivity index (χ1v) is 8.96. The Kier molecular flexibility index (Phi) is 5.57. The maximum absolute atomic E-state index is 11.4. The molecule has 0 unspecified atom stereocenters.